The highest BCUT2D eigenvalue weighted by molar-refractivity contribution is 5.94. The summed E-state index contributed by atoms with van der Waals surface area (Å²) in [5.41, 5.74) is -2.43. The molecule has 0 saturated heterocycles. The fourth-order valence-electron chi connectivity index (χ4n) is 1.28. The number of rotatable bonds is 3. The fourth-order valence-corrected chi connectivity index (χ4v) is 1.28. The number of benzene rings is 1. The Morgan fingerprint density at radius 3 is 2.50 bits per heavy atom. The van der Waals surface area contributed by atoms with Gasteiger partial charge in [-0.2, -0.15) is 5.26 Å². The van der Waals surface area contributed by atoms with Gasteiger partial charge in [-0.05, 0) is 12.1 Å². The zero-order chi connectivity index (χ0) is 12.3. The van der Waals surface area contributed by atoms with E-state index in [9.17, 15) is 18.4 Å². The van der Waals surface area contributed by atoms with Crippen LogP contribution < -0.4 is 0 Å². The number of hydrogen-bond acceptors (Lipinski definition) is 3. The monoisotopic (exact) mass is 225 g/mol. The van der Waals surface area contributed by atoms with Gasteiger partial charge in [-0.15, -0.1) is 0 Å². The third kappa shape index (κ3) is 1.88. The molecular weight excluding hydrogens is 220 g/mol. The lowest BCUT2D eigenvalue weighted by atomic mass is 9.97. The van der Waals surface area contributed by atoms with Crippen LogP contribution in [-0.4, -0.2) is 17.4 Å². The van der Waals surface area contributed by atoms with Crippen molar-refractivity contribution in [2.24, 2.45) is 0 Å². The Morgan fingerprint density at radius 2 is 2.12 bits per heavy atom. The number of halogens is 2. The lowest BCUT2D eigenvalue weighted by Crippen LogP contribution is -2.08. The molecule has 0 amide bonds. The van der Waals surface area contributed by atoms with Gasteiger partial charge in [-0.25, -0.2) is 13.6 Å². The van der Waals surface area contributed by atoms with E-state index in [0.29, 0.717) is 0 Å². The minimum absolute atomic E-state index is 0.0620. The number of alkyl halides is 2. The molecule has 1 aromatic rings. The quantitative estimate of drug-likeness (QED) is 0.798. The molecule has 0 heterocycles. The van der Waals surface area contributed by atoms with Crippen molar-refractivity contribution in [1.29, 1.82) is 5.26 Å². The average molecular weight is 225 g/mol. The first kappa shape index (κ1) is 11.8. The minimum atomic E-state index is -3.13. The van der Waals surface area contributed by atoms with Crippen LogP contribution in [0.5, 0.6) is 0 Å². The van der Waals surface area contributed by atoms with Gasteiger partial charge in [0.15, 0.2) is 6.29 Å². The van der Waals surface area contributed by atoms with Crippen LogP contribution in [0.15, 0.2) is 12.1 Å². The summed E-state index contributed by atoms with van der Waals surface area (Å²) < 4.78 is 25.2. The van der Waals surface area contributed by atoms with Gasteiger partial charge in [0.1, 0.15) is 0 Å². The second-order valence-electron chi connectivity index (χ2n) is 2.82. The Morgan fingerprint density at radius 1 is 1.50 bits per heavy atom. The molecule has 1 rings (SSSR count). The molecule has 1 aromatic carbocycles. The van der Waals surface area contributed by atoms with Gasteiger partial charge in [0.25, 0.3) is 6.43 Å². The molecule has 0 aromatic heterocycles. The Kier molecular flexibility index (Phi) is 3.30. The SMILES string of the molecule is N#Cc1ccc(C(=O)O)c(C(F)F)c1C=O. The van der Waals surface area contributed by atoms with Crippen molar-refractivity contribution < 1.29 is 23.5 Å². The maximum absolute atomic E-state index is 12.6. The van der Waals surface area contributed by atoms with Crippen molar-refractivity contribution >= 4 is 12.3 Å². The van der Waals surface area contributed by atoms with E-state index in [-0.39, 0.29) is 11.8 Å². The Balaban J connectivity index is 3.65. The summed E-state index contributed by atoms with van der Waals surface area (Å²) in [6.07, 6.45) is -3.06. The summed E-state index contributed by atoms with van der Waals surface area (Å²) in [5, 5.41) is 17.2. The summed E-state index contributed by atoms with van der Waals surface area (Å²) in [6.45, 7) is 0. The zero-order valence-electron chi connectivity index (χ0n) is 7.78. The lowest BCUT2D eigenvalue weighted by Gasteiger charge is -2.08. The molecule has 0 bridgehead atoms. The number of nitriles is 1. The van der Waals surface area contributed by atoms with Gasteiger partial charge in [-0.3, -0.25) is 4.79 Å². The second kappa shape index (κ2) is 4.49. The van der Waals surface area contributed by atoms with E-state index < -0.39 is 29.1 Å². The van der Waals surface area contributed by atoms with Gasteiger partial charge in [0.2, 0.25) is 0 Å². The van der Waals surface area contributed by atoms with E-state index >= 15 is 0 Å². The number of carboxylic acid groups (broad SMARTS) is 1. The molecule has 0 unspecified atom stereocenters. The first-order valence-electron chi connectivity index (χ1n) is 4.06. The van der Waals surface area contributed by atoms with Gasteiger partial charge < -0.3 is 5.11 Å². The normalized spacial score (nSPS) is 9.88. The first-order valence-corrected chi connectivity index (χ1v) is 4.06. The van der Waals surface area contributed by atoms with Gasteiger partial charge in [-0.1, -0.05) is 0 Å². The van der Waals surface area contributed by atoms with Crippen LogP contribution in [0.1, 0.15) is 38.3 Å². The van der Waals surface area contributed by atoms with Crippen LogP contribution in [-0.2, 0) is 0 Å². The molecule has 0 spiro atoms. The van der Waals surface area contributed by atoms with E-state index in [4.69, 9.17) is 10.4 Å². The first-order chi connectivity index (χ1) is 7.52. The number of aldehydes is 1. The smallest absolute Gasteiger partial charge is 0.336 e. The van der Waals surface area contributed by atoms with Crippen LogP contribution in [0.2, 0.25) is 0 Å². The number of nitrogens with zero attached hydrogens (tertiary/aromatic N) is 1. The van der Waals surface area contributed by atoms with Crippen molar-refractivity contribution in [2.75, 3.05) is 0 Å². The van der Waals surface area contributed by atoms with Gasteiger partial charge in [0.05, 0.1) is 17.2 Å². The molecule has 0 radical (unpaired) electrons. The number of carboxylic acids is 1. The zero-order valence-corrected chi connectivity index (χ0v) is 7.78. The van der Waals surface area contributed by atoms with Crippen molar-refractivity contribution in [3.8, 4) is 6.07 Å². The average Bonchev–Trinajstić information content (AvgIpc) is 2.26. The Labute approximate surface area is 88.7 Å². The molecule has 0 aliphatic rings. The molecular formula is C10H5F2NO3. The van der Waals surface area contributed by atoms with Crippen molar-refractivity contribution in [3.63, 3.8) is 0 Å². The van der Waals surface area contributed by atoms with Crippen molar-refractivity contribution in [3.05, 3.63) is 34.4 Å². The summed E-state index contributed by atoms with van der Waals surface area (Å²) >= 11 is 0. The number of carbonyl (C=O) groups is 2. The third-order valence-electron chi connectivity index (χ3n) is 1.97. The Bertz CT molecular complexity index is 492. The molecule has 0 atom stereocenters. The Hall–Kier alpha value is -2.29. The molecule has 0 saturated carbocycles. The van der Waals surface area contributed by atoms with E-state index in [0.717, 1.165) is 12.1 Å². The minimum Gasteiger partial charge on any atom is -0.478 e. The van der Waals surface area contributed by atoms with E-state index in [1.807, 2.05) is 0 Å². The van der Waals surface area contributed by atoms with Crippen LogP contribution >= 0.6 is 0 Å². The van der Waals surface area contributed by atoms with Crippen LogP contribution in [0.3, 0.4) is 0 Å². The van der Waals surface area contributed by atoms with Crippen LogP contribution in [0.25, 0.3) is 0 Å². The number of hydrogen-bond donors (Lipinski definition) is 1. The summed E-state index contributed by atoms with van der Waals surface area (Å²) in [6, 6.07) is 3.46. The summed E-state index contributed by atoms with van der Waals surface area (Å²) in [5.74, 6) is -1.57. The lowest BCUT2D eigenvalue weighted by molar-refractivity contribution is 0.0684. The highest BCUT2D eigenvalue weighted by Gasteiger charge is 2.23. The van der Waals surface area contributed by atoms with E-state index in [1.54, 1.807) is 6.07 Å². The molecule has 0 aliphatic carbocycles. The van der Waals surface area contributed by atoms with Crippen LogP contribution in [0.4, 0.5) is 8.78 Å². The summed E-state index contributed by atoms with van der Waals surface area (Å²) in [7, 11) is 0. The highest BCUT2D eigenvalue weighted by atomic mass is 19.3. The predicted octanol–water partition coefficient (Wildman–Crippen LogP) is 2.01. The molecule has 1 N–H and O–H groups in total. The maximum Gasteiger partial charge on any atom is 0.336 e. The summed E-state index contributed by atoms with van der Waals surface area (Å²) in [4.78, 5) is 21.3. The van der Waals surface area contributed by atoms with Crippen LogP contribution in [0, 0.1) is 11.3 Å². The predicted molar refractivity (Wildman–Crippen MR) is 48.5 cm³/mol. The standard InChI is InChI=1S/C10H5F2NO3/c11-9(12)8-6(10(15)16)2-1-5(3-13)7(8)4-14/h1-2,4,9H,(H,15,16). The van der Waals surface area contributed by atoms with Gasteiger partial charge >= 0.3 is 5.97 Å². The van der Waals surface area contributed by atoms with Gasteiger partial charge in [0, 0.05) is 11.1 Å². The van der Waals surface area contributed by atoms with Crippen molar-refractivity contribution in [1.82, 2.24) is 0 Å². The largest absolute Gasteiger partial charge is 0.478 e. The molecule has 0 aliphatic heterocycles. The number of aromatic carboxylic acids is 1. The molecule has 0 fully saturated rings. The maximum atomic E-state index is 12.6. The fraction of sp³-hybridized carbons (Fsp3) is 0.100. The van der Waals surface area contributed by atoms with E-state index in [2.05, 4.69) is 0 Å². The molecule has 4 nitrogen and oxygen atoms in total. The number of carbonyl (C=O) groups excluding carboxylic acids is 1. The third-order valence-corrected chi connectivity index (χ3v) is 1.97. The molecule has 82 valence electrons. The molecule has 6 heteroatoms. The highest BCUT2D eigenvalue weighted by Crippen LogP contribution is 2.28. The molecule has 16 heavy (non-hydrogen) atoms. The topological polar surface area (TPSA) is 78.2 Å². The van der Waals surface area contributed by atoms with Crippen molar-refractivity contribution in [2.45, 2.75) is 6.43 Å². The second-order valence-corrected chi connectivity index (χ2v) is 2.82. The van der Waals surface area contributed by atoms with E-state index in [1.165, 1.54) is 0 Å².